The van der Waals surface area contributed by atoms with Crippen LogP contribution in [0.2, 0.25) is 0 Å². The van der Waals surface area contributed by atoms with Crippen LogP contribution in [0.25, 0.3) is 10.9 Å². The molecule has 0 bridgehead atoms. The summed E-state index contributed by atoms with van der Waals surface area (Å²) >= 11 is 0. The number of nitrogens with one attached hydrogen (secondary N) is 1. The minimum Gasteiger partial charge on any atom is -0.481 e. The van der Waals surface area contributed by atoms with Gasteiger partial charge in [-0.3, -0.25) is 4.79 Å². The normalized spacial score (nSPS) is 23.7. The highest BCUT2D eigenvalue weighted by molar-refractivity contribution is 5.89. The Hall–Kier alpha value is -2.07. The number of para-hydroxylation sites is 1. The topological polar surface area (TPSA) is 62.3 Å². The van der Waals surface area contributed by atoms with E-state index in [-0.39, 0.29) is 12.3 Å². The summed E-state index contributed by atoms with van der Waals surface area (Å²) in [6.45, 7) is 8.49. The molecule has 0 saturated heterocycles. The van der Waals surface area contributed by atoms with E-state index in [1.54, 1.807) is 0 Å². The number of carboxylic acid groups (broad SMARTS) is 1. The van der Waals surface area contributed by atoms with Crippen molar-refractivity contribution in [3.05, 3.63) is 47.7 Å². The number of benzene rings is 1. The molecule has 0 spiro atoms. The second-order valence-electron chi connectivity index (χ2n) is 6.38. The van der Waals surface area contributed by atoms with Gasteiger partial charge < -0.3 is 14.8 Å². The van der Waals surface area contributed by atoms with E-state index in [0.717, 1.165) is 17.6 Å². The fourth-order valence-corrected chi connectivity index (χ4v) is 3.72. The molecule has 2 unspecified atom stereocenters. The lowest BCUT2D eigenvalue weighted by atomic mass is 9.82. The smallest absolute Gasteiger partial charge is 0.306 e. The Labute approximate surface area is 136 Å². The Morgan fingerprint density at radius 3 is 3.00 bits per heavy atom. The van der Waals surface area contributed by atoms with Gasteiger partial charge in [0.15, 0.2) is 0 Å². The van der Waals surface area contributed by atoms with Gasteiger partial charge in [-0.2, -0.15) is 0 Å². The molecule has 2 heterocycles. The molecule has 1 aliphatic heterocycles. The Kier molecular flexibility index (Phi) is 4.02. The first-order chi connectivity index (χ1) is 11.0. The van der Waals surface area contributed by atoms with E-state index in [0.29, 0.717) is 13.0 Å². The number of aromatic nitrogens is 1. The average Bonchev–Trinajstić information content (AvgIpc) is 2.92. The molecule has 3 rings (SSSR count). The van der Waals surface area contributed by atoms with Crippen LogP contribution in [0.5, 0.6) is 0 Å². The number of H-pyrrole nitrogens is 1. The van der Waals surface area contributed by atoms with Crippen molar-refractivity contribution in [3.63, 3.8) is 0 Å². The van der Waals surface area contributed by atoms with Crippen molar-refractivity contribution in [3.8, 4) is 0 Å². The molecule has 1 aromatic carbocycles. The maximum absolute atomic E-state index is 11.4. The number of carboxylic acids is 1. The minimum atomic E-state index is -0.836. The van der Waals surface area contributed by atoms with Gasteiger partial charge in [0.2, 0.25) is 0 Å². The molecule has 1 aromatic heterocycles. The lowest BCUT2D eigenvalue weighted by molar-refractivity contribution is -0.149. The van der Waals surface area contributed by atoms with Gasteiger partial charge in [0.1, 0.15) is 5.60 Å². The molecular weight excluding hydrogens is 290 g/mol. The van der Waals surface area contributed by atoms with E-state index in [9.17, 15) is 9.90 Å². The first-order valence-corrected chi connectivity index (χ1v) is 8.13. The summed E-state index contributed by atoms with van der Waals surface area (Å²) in [5, 5.41) is 10.5. The Balaban J connectivity index is 2.27. The third-order valence-electron chi connectivity index (χ3n) is 4.89. The van der Waals surface area contributed by atoms with Gasteiger partial charge in [0.05, 0.1) is 18.7 Å². The summed E-state index contributed by atoms with van der Waals surface area (Å²) in [5.74, 6) is -0.594. The molecule has 0 amide bonds. The molecule has 4 heteroatoms. The van der Waals surface area contributed by atoms with E-state index >= 15 is 0 Å². The van der Waals surface area contributed by atoms with Gasteiger partial charge in [0, 0.05) is 16.8 Å². The summed E-state index contributed by atoms with van der Waals surface area (Å²) in [7, 11) is 0. The van der Waals surface area contributed by atoms with Crippen molar-refractivity contribution in [1.29, 1.82) is 0 Å². The zero-order valence-electron chi connectivity index (χ0n) is 13.7. The van der Waals surface area contributed by atoms with E-state index in [1.807, 2.05) is 13.0 Å². The molecule has 2 aromatic rings. The van der Waals surface area contributed by atoms with Crippen LogP contribution in [0.3, 0.4) is 0 Å². The van der Waals surface area contributed by atoms with Crippen molar-refractivity contribution in [2.75, 3.05) is 6.61 Å². The molecule has 0 fully saturated rings. The second kappa shape index (κ2) is 5.85. The number of ether oxygens (including phenoxy) is 1. The van der Waals surface area contributed by atoms with Crippen molar-refractivity contribution in [2.24, 2.45) is 0 Å². The SMILES string of the molecule is C=CCc1cccc2c3c([nH]c12)C(CC)(CC(=O)O)OCC3C. The number of fused-ring (bicyclic) bond motifs is 3. The highest BCUT2D eigenvalue weighted by Gasteiger charge is 2.43. The summed E-state index contributed by atoms with van der Waals surface area (Å²) in [5.41, 5.74) is 3.64. The number of allylic oxidation sites excluding steroid dienone is 1. The lowest BCUT2D eigenvalue weighted by Gasteiger charge is -2.38. The zero-order chi connectivity index (χ0) is 16.6. The number of hydrogen-bond acceptors (Lipinski definition) is 2. The number of aliphatic carboxylic acids is 1. The van der Waals surface area contributed by atoms with E-state index in [1.165, 1.54) is 16.5 Å². The quantitative estimate of drug-likeness (QED) is 0.817. The van der Waals surface area contributed by atoms with Crippen LogP contribution in [0.4, 0.5) is 0 Å². The van der Waals surface area contributed by atoms with Gasteiger partial charge in [-0.1, -0.05) is 38.1 Å². The molecule has 2 N–H and O–H groups in total. The van der Waals surface area contributed by atoms with Crippen LogP contribution < -0.4 is 0 Å². The fourth-order valence-electron chi connectivity index (χ4n) is 3.72. The predicted octanol–water partition coefficient (Wildman–Crippen LogP) is 4.11. The van der Waals surface area contributed by atoms with Crippen LogP contribution in [0, 0.1) is 0 Å². The molecule has 0 aliphatic carbocycles. The summed E-state index contributed by atoms with van der Waals surface area (Å²) < 4.78 is 6.06. The maximum Gasteiger partial charge on any atom is 0.306 e. The lowest BCUT2D eigenvalue weighted by Crippen LogP contribution is -2.38. The van der Waals surface area contributed by atoms with Crippen molar-refractivity contribution >= 4 is 16.9 Å². The average molecular weight is 313 g/mol. The Morgan fingerprint density at radius 2 is 2.35 bits per heavy atom. The van der Waals surface area contributed by atoms with Gasteiger partial charge in [0.25, 0.3) is 0 Å². The zero-order valence-corrected chi connectivity index (χ0v) is 13.7. The van der Waals surface area contributed by atoms with Crippen LogP contribution >= 0.6 is 0 Å². The largest absolute Gasteiger partial charge is 0.481 e. The van der Waals surface area contributed by atoms with Gasteiger partial charge in [-0.15, -0.1) is 6.58 Å². The highest BCUT2D eigenvalue weighted by atomic mass is 16.5. The van der Waals surface area contributed by atoms with Crippen molar-refractivity contribution in [1.82, 2.24) is 4.98 Å². The van der Waals surface area contributed by atoms with E-state index in [2.05, 4.69) is 36.7 Å². The third-order valence-corrected chi connectivity index (χ3v) is 4.89. The molecule has 4 nitrogen and oxygen atoms in total. The van der Waals surface area contributed by atoms with E-state index in [4.69, 9.17) is 4.74 Å². The minimum absolute atomic E-state index is 0.0210. The van der Waals surface area contributed by atoms with Crippen LogP contribution in [0.15, 0.2) is 30.9 Å². The van der Waals surface area contributed by atoms with Crippen LogP contribution in [0.1, 0.15) is 49.4 Å². The first kappa shape index (κ1) is 15.8. The Morgan fingerprint density at radius 1 is 1.57 bits per heavy atom. The van der Waals surface area contributed by atoms with Crippen LogP contribution in [-0.4, -0.2) is 22.7 Å². The highest BCUT2D eigenvalue weighted by Crippen LogP contribution is 2.45. The molecule has 23 heavy (non-hydrogen) atoms. The standard InChI is InChI=1S/C19H23NO3/c1-4-7-13-8-6-9-14-16-12(3)11-23-19(5-2,10-15(21)22)18(16)20-17(13)14/h4,6,8-9,12,20H,1,5,7,10-11H2,2-3H3,(H,21,22). The number of aromatic amines is 1. The number of rotatable bonds is 5. The first-order valence-electron chi connectivity index (χ1n) is 8.13. The monoisotopic (exact) mass is 313 g/mol. The van der Waals surface area contributed by atoms with Crippen molar-refractivity contribution < 1.29 is 14.6 Å². The molecular formula is C19H23NO3. The predicted molar refractivity (Wildman–Crippen MR) is 90.8 cm³/mol. The fraction of sp³-hybridized carbons (Fsp3) is 0.421. The number of hydrogen-bond donors (Lipinski definition) is 2. The van der Waals surface area contributed by atoms with Crippen LogP contribution in [-0.2, 0) is 21.6 Å². The molecule has 122 valence electrons. The van der Waals surface area contributed by atoms with Crippen molar-refractivity contribution in [2.45, 2.75) is 44.6 Å². The maximum atomic E-state index is 11.4. The molecule has 1 aliphatic rings. The summed E-state index contributed by atoms with van der Waals surface area (Å²) in [4.78, 5) is 14.9. The third kappa shape index (κ3) is 2.47. The summed E-state index contributed by atoms with van der Waals surface area (Å²) in [6.07, 6.45) is 3.28. The molecule has 2 atom stereocenters. The van der Waals surface area contributed by atoms with Gasteiger partial charge in [-0.25, -0.2) is 0 Å². The summed E-state index contributed by atoms with van der Waals surface area (Å²) in [6, 6.07) is 6.25. The second-order valence-corrected chi connectivity index (χ2v) is 6.38. The number of carbonyl (C=O) groups is 1. The van der Waals surface area contributed by atoms with Gasteiger partial charge >= 0.3 is 5.97 Å². The van der Waals surface area contributed by atoms with Gasteiger partial charge in [-0.05, 0) is 24.0 Å². The van der Waals surface area contributed by atoms with E-state index < -0.39 is 11.6 Å². The molecule has 0 saturated carbocycles. The molecule has 0 radical (unpaired) electrons. The Bertz CT molecular complexity index is 761.